The molecule has 1 unspecified atom stereocenters. The van der Waals surface area contributed by atoms with Gasteiger partial charge in [0.1, 0.15) is 16.7 Å². The topological polar surface area (TPSA) is 119 Å². The lowest BCUT2D eigenvalue weighted by Gasteiger charge is -2.20. The fraction of sp³-hybridized carbons (Fsp3) is 0.462. The fourth-order valence-electron chi connectivity index (χ4n) is 2.03. The first-order valence-corrected chi connectivity index (χ1v) is 7.60. The number of nitrogen functional groups attached to an aromatic ring is 1. The number of thiophene rings is 1. The van der Waals surface area contributed by atoms with Crippen molar-refractivity contribution in [2.24, 2.45) is 17.5 Å². The number of anilines is 2. The van der Waals surface area contributed by atoms with Gasteiger partial charge in [-0.2, -0.15) is 4.98 Å². The predicted octanol–water partition coefficient (Wildman–Crippen LogP) is 1.46. The maximum absolute atomic E-state index is 11.6. The fourth-order valence-corrected chi connectivity index (χ4v) is 3.00. The van der Waals surface area contributed by atoms with Crippen LogP contribution in [0.5, 0.6) is 0 Å². The molecule has 0 aliphatic rings. The molecule has 6 N–H and O–H groups in total. The highest BCUT2D eigenvalue weighted by molar-refractivity contribution is 7.18. The van der Waals surface area contributed by atoms with Gasteiger partial charge in [0.15, 0.2) is 0 Å². The minimum Gasteiger partial charge on any atom is -0.368 e. The maximum Gasteiger partial charge on any atom is 0.240 e. The molecule has 0 aliphatic heterocycles. The van der Waals surface area contributed by atoms with E-state index in [-0.39, 0.29) is 5.92 Å². The molecule has 114 valence electrons. The molecular formula is C13H20N6OS. The molecule has 8 heteroatoms. The Morgan fingerprint density at radius 2 is 2.14 bits per heavy atom. The second-order valence-electron chi connectivity index (χ2n) is 5.09. The van der Waals surface area contributed by atoms with Crippen LogP contribution < -0.4 is 22.3 Å². The van der Waals surface area contributed by atoms with E-state index in [1.54, 1.807) is 11.3 Å². The molecular weight excluding hydrogens is 288 g/mol. The van der Waals surface area contributed by atoms with Crippen molar-refractivity contribution >= 4 is 39.2 Å². The summed E-state index contributed by atoms with van der Waals surface area (Å²) in [6.45, 7) is 5.93. The first kappa shape index (κ1) is 15.5. The van der Waals surface area contributed by atoms with Crippen LogP contribution in [-0.4, -0.2) is 21.9 Å². The Bertz CT molecular complexity index is 653. The Morgan fingerprint density at radius 1 is 1.43 bits per heavy atom. The van der Waals surface area contributed by atoms with Gasteiger partial charge < -0.3 is 11.1 Å². The number of carbonyl (C=O) groups excluding carboxylic acids is 1. The van der Waals surface area contributed by atoms with Crippen LogP contribution in [0.4, 0.5) is 11.8 Å². The third-order valence-electron chi connectivity index (χ3n) is 3.19. The van der Waals surface area contributed by atoms with Crippen molar-refractivity contribution < 1.29 is 4.79 Å². The van der Waals surface area contributed by atoms with Gasteiger partial charge in [-0.25, -0.2) is 10.8 Å². The SMILES string of the molecule is CCc1cc2c(NC(C(N)=O)C(C)C)nc(NN)nc2s1. The highest BCUT2D eigenvalue weighted by Crippen LogP contribution is 2.31. The van der Waals surface area contributed by atoms with Gasteiger partial charge >= 0.3 is 0 Å². The number of primary amides is 1. The summed E-state index contributed by atoms with van der Waals surface area (Å²) < 4.78 is 0. The molecule has 0 radical (unpaired) electrons. The van der Waals surface area contributed by atoms with E-state index in [0.29, 0.717) is 11.8 Å². The number of nitrogens with one attached hydrogen (secondary N) is 2. The number of aryl methyl sites for hydroxylation is 1. The molecule has 2 aromatic heterocycles. The van der Waals surface area contributed by atoms with E-state index in [9.17, 15) is 4.79 Å². The van der Waals surface area contributed by atoms with Gasteiger partial charge in [-0.15, -0.1) is 11.3 Å². The van der Waals surface area contributed by atoms with Crippen LogP contribution in [0.2, 0.25) is 0 Å². The molecule has 0 aliphatic carbocycles. The molecule has 2 aromatic rings. The Balaban J connectivity index is 2.49. The van der Waals surface area contributed by atoms with Gasteiger partial charge in [0.05, 0.1) is 5.39 Å². The summed E-state index contributed by atoms with van der Waals surface area (Å²) in [7, 11) is 0. The van der Waals surface area contributed by atoms with Crippen LogP contribution in [0, 0.1) is 5.92 Å². The third kappa shape index (κ3) is 3.22. The van der Waals surface area contributed by atoms with E-state index in [1.807, 2.05) is 19.9 Å². The predicted molar refractivity (Wildman–Crippen MR) is 86.0 cm³/mol. The summed E-state index contributed by atoms with van der Waals surface area (Å²) in [5.41, 5.74) is 7.90. The normalized spacial score (nSPS) is 12.6. The second kappa shape index (κ2) is 6.23. The number of nitrogens with two attached hydrogens (primary N) is 2. The lowest BCUT2D eigenvalue weighted by atomic mass is 10.0. The minimum absolute atomic E-state index is 0.0473. The van der Waals surface area contributed by atoms with Crippen LogP contribution in [-0.2, 0) is 11.2 Å². The monoisotopic (exact) mass is 308 g/mol. The molecule has 0 saturated carbocycles. The number of fused-ring (bicyclic) bond motifs is 1. The zero-order valence-electron chi connectivity index (χ0n) is 12.3. The Kier molecular flexibility index (Phi) is 4.59. The Hall–Kier alpha value is -1.93. The lowest BCUT2D eigenvalue weighted by molar-refractivity contribution is -0.119. The zero-order valence-corrected chi connectivity index (χ0v) is 13.1. The van der Waals surface area contributed by atoms with E-state index in [1.165, 1.54) is 4.88 Å². The molecule has 2 heterocycles. The van der Waals surface area contributed by atoms with E-state index in [4.69, 9.17) is 11.6 Å². The van der Waals surface area contributed by atoms with E-state index >= 15 is 0 Å². The van der Waals surface area contributed by atoms with Crippen molar-refractivity contribution in [3.8, 4) is 0 Å². The van der Waals surface area contributed by atoms with E-state index < -0.39 is 11.9 Å². The number of hydrogen-bond acceptors (Lipinski definition) is 7. The van der Waals surface area contributed by atoms with Gasteiger partial charge in [-0.1, -0.05) is 20.8 Å². The van der Waals surface area contributed by atoms with Crippen LogP contribution in [0.3, 0.4) is 0 Å². The van der Waals surface area contributed by atoms with Crippen molar-refractivity contribution in [2.45, 2.75) is 33.2 Å². The number of amides is 1. The summed E-state index contributed by atoms with van der Waals surface area (Å²) >= 11 is 1.58. The summed E-state index contributed by atoms with van der Waals surface area (Å²) in [5.74, 6) is 5.92. The Labute approximate surface area is 127 Å². The van der Waals surface area contributed by atoms with Crippen LogP contribution in [0.15, 0.2) is 6.07 Å². The molecule has 0 saturated heterocycles. The van der Waals surface area contributed by atoms with Crippen molar-refractivity contribution in [1.29, 1.82) is 0 Å². The summed E-state index contributed by atoms with van der Waals surface area (Å²) in [4.78, 5) is 22.2. The molecule has 2 rings (SSSR count). The maximum atomic E-state index is 11.6. The minimum atomic E-state index is -0.501. The van der Waals surface area contributed by atoms with Crippen molar-refractivity contribution in [2.75, 3.05) is 10.7 Å². The molecule has 0 aromatic carbocycles. The average Bonchev–Trinajstić information content (AvgIpc) is 2.86. The molecule has 0 bridgehead atoms. The van der Waals surface area contributed by atoms with Crippen molar-refractivity contribution in [3.63, 3.8) is 0 Å². The molecule has 1 amide bonds. The zero-order chi connectivity index (χ0) is 15.6. The van der Waals surface area contributed by atoms with Crippen LogP contribution in [0.1, 0.15) is 25.6 Å². The third-order valence-corrected chi connectivity index (χ3v) is 4.36. The van der Waals surface area contributed by atoms with Gasteiger partial charge in [-0.3, -0.25) is 10.2 Å². The molecule has 0 spiro atoms. The summed E-state index contributed by atoms with van der Waals surface area (Å²) in [6, 6.07) is 1.53. The summed E-state index contributed by atoms with van der Waals surface area (Å²) in [5, 5.41) is 4.00. The van der Waals surface area contributed by atoms with E-state index in [2.05, 4.69) is 27.6 Å². The molecule has 21 heavy (non-hydrogen) atoms. The number of aromatic nitrogens is 2. The first-order chi connectivity index (χ1) is 9.96. The first-order valence-electron chi connectivity index (χ1n) is 6.79. The van der Waals surface area contributed by atoms with Gasteiger partial charge in [0, 0.05) is 4.88 Å². The number of rotatable bonds is 6. The highest BCUT2D eigenvalue weighted by Gasteiger charge is 2.22. The second-order valence-corrected chi connectivity index (χ2v) is 6.21. The van der Waals surface area contributed by atoms with Gasteiger partial charge in [0.25, 0.3) is 0 Å². The van der Waals surface area contributed by atoms with Crippen molar-refractivity contribution in [1.82, 2.24) is 9.97 Å². The standard InChI is InChI=1S/C13H20N6OS/c1-4-7-5-8-11(16-9(6(2)3)10(14)20)17-13(19-15)18-12(8)21-7/h5-6,9H,4,15H2,1-3H3,(H2,14,20)(H2,16,17,18,19). The van der Waals surface area contributed by atoms with Gasteiger partial charge in [0.2, 0.25) is 11.9 Å². The average molecular weight is 308 g/mol. The number of nitrogens with zero attached hydrogens (tertiary/aromatic N) is 2. The Morgan fingerprint density at radius 3 is 2.67 bits per heavy atom. The highest BCUT2D eigenvalue weighted by atomic mass is 32.1. The van der Waals surface area contributed by atoms with Crippen molar-refractivity contribution in [3.05, 3.63) is 10.9 Å². The molecule has 0 fully saturated rings. The van der Waals surface area contributed by atoms with Crippen LogP contribution >= 0.6 is 11.3 Å². The lowest BCUT2D eigenvalue weighted by Crippen LogP contribution is -2.39. The smallest absolute Gasteiger partial charge is 0.240 e. The number of carbonyl (C=O) groups is 1. The van der Waals surface area contributed by atoms with E-state index in [0.717, 1.165) is 16.6 Å². The number of hydrazine groups is 1. The van der Waals surface area contributed by atoms with Crippen LogP contribution in [0.25, 0.3) is 10.2 Å². The largest absolute Gasteiger partial charge is 0.368 e. The molecule has 7 nitrogen and oxygen atoms in total. The number of hydrogen-bond donors (Lipinski definition) is 4. The summed E-state index contributed by atoms with van der Waals surface area (Å²) in [6.07, 6.45) is 0.912. The molecule has 1 atom stereocenters. The quantitative estimate of drug-likeness (QED) is 0.474. The van der Waals surface area contributed by atoms with Gasteiger partial charge in [-0.05, 0) is 18.4 Å².